The highest BCUT2D eigenvalue weighted by Crippen LogP contribution is 2.17. The lowest BCUT2D eigenvalue weighted by atomic mass is 10.0. The molecule has 0 saturated heterocycles. The van der Waals surface area contributed by atoms with Crippen molar-refractivity contribution in [3.05, 3.63) is 65.2 Å². The van der Waals surface area contributed by atoms with Gasteiger partial charge in [0.15, 0.2) is 0 Å². The number of carbonyl (C=O) groups is 2. The molecule has 2 aromatic carbocycles. The maximum absolute atomic E-state index is 12.1. The standard InChI is InChI=1S/C20H23NO4/c1-14-7-4-5-9-16(14)13-25-17-10-6-8-15(11-17)12-18(22)21-20(2,3)19(23)24/h4-11H,12-13H2,1-3H3,(H,21,22)(H,23,24). The Hall–Kier alpha value is -2.82. The van der Waals surface area contributed by atoms with Crippen molar-refractivity contribution < 1.29 is 19.4 Å². The van der Waals surface area contributed by atoms with Gasteiger partial charge in [0.1, 0.15) is 17.9 Å². The zero-order valence-electron chi connectivity index (χ0n) is 14.7. The number of carboxylic acids is 1. The van der Waals surface area contributed by atoms with Crippen molar-refractivity contribution in [2.45, 2.75) is 39.3 Å². The van der Waals surface area contributed by atoms with Crippen LogP contribution in [-0.4, -0.2) is 22.5 Å². The lowest BCUT2D eigenvalue weighted by Crippen LogP contribution is -2.50. The Balaban J connectivity index is 1.98. The fourth-order valence-electron chi connectivity index (χ4n) is 2.31. The van der Waals surface area contributed by atoms with Crippen LogP contribution in [0.15, 0.2) is 48.5 Å². The van der Waals surface area contributed by atoms with Crippen LogP contribution in [0.4, 0.5) is 0 Å². The number of hydrogen-bond acceptors (Lipinski definition) is 3. The molecular formula is C20H23NO4. The predicted molar refractivity (Wildman–Crippen MR) is 95.5 cm³/mol. The molecule has 25 heavy (non-hydrogen) atoms. The predicted octanol–water partition coefficient (Wildman–Crippen LogP) is 3.10. The van der Waals surface area contributed by atoms with Crippen molar-refractivity contribution >= 4 is 11.9 Å². The second kappa shape index (κ2) is 7.83. The molecule has 0 radical (unpaired) electrons. The van der Waals surface area contributed by atoms with Gasteiger partial charge in [-0.1, -0.05) is 36.4 Å². The van der Waals surface area contributed by atoms with Gasteiger partial charge in [-0.3, -0.25) is 4.79 Å². The molecule has 2 N–H and O–H groups in total. The van der Waals surface area contributed by atoms with Crippen LogP contribution in [0.3, 0.4) is 0 Å². The Morgan fingerprint density at radius 3 is 2.52 bits per heavy atom. The van der Waals surface area contributed by atoms with E-state index in [9.17, 15) is 9.59 Å². The SMILES string of the molecule is Cc1ccccc1COc1cccc(CC(=O)NC(C)(C)C(=O)O)c1. The summed E-state index contributed by atoms with van der Waals surface area (Å²) in [6.07, 6.45) is 0.0955. The van der Waals surface area contributed by atoms with E-state index in [2.05, 4.69) is 5.32 Å². The van der Waals surface area contributed by atoms with Gasteiger partial charge < -0.3 is 15.2 Å². The van der Waals surface area contributed by atoms with Crippen molar-refractivity contribution in [3.8, 4) is 5.75 Å². The molecule has 0 aliphatic heterocycles. The second-order valence-electron chi connectivity index (χ2n) is 6.52. The van der Waals surface area contributed by atoms with Gasteiger partial charge in [0.05, 0.1) is 6.42 Å². The van der Waals surface area contributed by atoms with E-state index in [1.54, 1.807) is 6.07 Å². The van der Waals surface area contributed by atoms with Crippen molar-refractivity contribution in [1.82, 2.24) is 5.32 Å². The first-order valence-electron chi connectivity index (χ1n) is 8.08. The molecule has 0 saturated carbocycles. The van der Waals surface area contributed by atoms with Gasteiger partial charge in [0.25, 0.3) is 0 Å². The summed E-state index contributed by atoms with van der Waals surface area (Å²) in [5, 5.41) is 11.6. The van der Waals surface area contributed by atoms with E-state index >= 15 is 0 Å². The molecule has 0 spiro atoms. The van der Waals surface area contributed by atoms with Crippen LogP contribution in [0.25, 0.3) is 0 Å². The van der Waals surface area contributed by atoms with Crippen LogP contribution in [-0.2, 0) is 22.6 Å². The van der Waals surface area contributed by atoms with Crippen molar-refractivity contribution in [2.24, 2.45) is 0 Å². The first-order chi connectivity index (χ1) is 11.8. The van der Waals surface area contributed by atoms with Gasteiger partial charge in [-0.05, 0) is 49.6 Å². The summed E-state index contributed by atoms with van der Waals surface area (Å²) in [6, 6.07) is 15.3. The van der Waals surface area contributed by atoms with Gasteiger partial charge in [-0.15, -0.1) is 0 Å². The summed E-state index contributed by atoms with van der Waals surface area (Å²) in [5.74, 6) is -0.745. The van der Waals surface area contributed by atoms with E-state index in [0.29, 0.717) is 12.4 Å². The summed E-state index contributed by atoms with van der Waals surface area (Å²) in [7, 11) is 0. The smallest absolute Gasteiger partial charge is 0.328 e. The van der Waals surface area contributed by atoms with E-state index in [1.807, 2.05) is 49.4 Å². The number of ether oxygens (including phenoxy) is 1. The molecule has 0 unspecified atom stereocenters. The van der Waals surface area contributed by atoms with Crippen molar-refractivity contribution in [3.63, 3.8) is 0 Å². The monoisotopic (exact) mass is 341 g/mol. The van der Waals surface area contributed by atoms with Gasteiger partial charge in [0, 0.05) is 0 Å². The van der Waals surface area contributed by atoms with Crippen LogP contribution in [0.2, 0.25) is 0 Å². The molecule has 5 nitrogen and oxygen atoms in total. The maximum Gasteiger partial charge on any atom is 0.328 e. The Bertz CT molecular complexity index is 768. The van der Waals surface area contributed by atoms with Crippen molar-refractivity contribution in [1.29, 1.82) is 0 Å². The van der Waals surface area contributed by atoms with Crippen LogP contribution in [0, 0.1) is 6.92 Å². The highest BCUT2D eigenvalue weighted by molar-refractivity contribution is 5.87. The minimum atomic E-state index is -1.30. The summed E-state index contributed by atoms with van der Waals surface area (Å²) in [6.45, 7) is 5.39. The highest BCUT2D eigenvalue weighted by atomic mass is 16.5. The molecule has 0 fully saturated rings. The van der Waals surface area contributed by atoms with E-state index in [0.717, 1.165) is 16.7 Å². The minimum absolute atomic E-state index is 0.0955. The van der Waals surface area contributed by atoms with E-state index < -0.39 is 11.5 Å². The van der Waals surface area contributed by atoms with E-state index in [4.69, 9.17) is 9.84 Å². The number of hydrogen-bond donors (Lipinski definition) is 2. The van der Waals surface area contributed by atoms with Crippen LogP contribution in [0.5, 0.6) is 5.75 Å². The van der Waals surface area contributed by atoms with Gasteiger partial charge in [0.2, 0.25) is 5.91 Å². The number of aliphatic carboxylic acids is 1. The molecule has 2 rings (SSSR count). The first-order valence-corrected chi connectivity index (χ1v) is 8.08. The lowest BCUT2D eigenvalue weighted by molar-refractivity contribution is -0.145. The third-order valence-corrected chi connectivity index (χ3v) is 3.91. The lowest BCUT2D eigenvalue weighted by Gasteiger charge is -2.21. The molecule has 0 heterocycles. The molecular weight excluding hydrogens is 318 g/mol. The molecule has 0 atom stereocenters. The molecule has 132 valence electrons. The number of nitrogens with one attached hydrogen (secondary N) is 1. The third kappa shape index (κ3) is 5.35. The Morgan fingerprint density at radius 2 is 1.84 bits per heavy atom. The summed E-state index contributed by atoms with van der Waals surface area (Å²) < 4.78 is 5.81. The van der Waals surface area contributed by atoms with E-state index in [-0.39, 0.29) is 12.3 Å². The average molecular weight is 341 g/mol. The van der Waals surface area contributed by atoms with Gasteiger partial charge in [-0.25, -0.2) is 4.79 Å². The Labute approximate surface area is 147 Å². The molecule has 0 aliphatic carbocycles. The molecule has 0 bridgehead atoms. The summed E-state index contributed by atoms with van der Waals surface area (Å²) in [4.78, 5) is 23.1. The zero-order chi connectivity index (χ0) is 18.4. The number of aryl methyl sites for hydroxylation is 1. The highest BCUT2D eigenvalue weighted by Gasteiger charge is 2.28. The fraction of sp³-hybridized carbons (Fsp3) is 0.300. The van der Waals surface area contributed by atoms with Crippen LogP contribution >= 0.6 is 0 Å². The molecule has 2 aromatic rings. The van der Waals surface area contributed by atoms with Crippen LogP contribution < -0.4 is 10.1 Å². The average Bonchev–Trinajstić information content (AvgIpc) is 2.53. The minimum Gasteiger partial charge on any atom is -0.489 e. The zero-order valence-corrected chi connectivity index (χ0v) is 14.7. The molecule has 0 aliphatic rings. The third-order valence-electron chi connectivity index (χ3n) is 3.91. The van der Waals surface area contributed by atoms with Gasteiger partial charge >= 0.3 is 5.97 Å². The summed E-state index contributed by atoms with van der Waals surface area (Å²) in [5.41, 5.74) is 1.74. The largest absolute Gasteiger partial charge is 0.489 e. The first kappa shape index (κ1) is 18.5. The molecule has 0 aromatic heterocycles. The van der Waals surface area contributed by atoms with E-state index in [1.165, 1.54) is 13.8 Å². The summed E-state index contributed by atoms with van der Waals surface area (Å²) >= 11 is 0. The second-order valence-corrected chi connectivity index (χ2v) is 6.52. The van der Waals surface area contributed by atoms with Crippen molar-refractivity contribution in [2.75, 3.05) is 0 Å². The van der Waals surface area contributed by atoms with Gasteiger partial charge in [-0.2, -0.15) is 0 Å². The maximum atomic E-state index is 12.1. The molecule has 1 amide bonds. The topological polar surface area (TPSA) is 75.6 Å². The Kier molecular flexibility index (Phi) is 5.80. The number of rotatable bonds is 7. The Morgan fingerprint density at radius 1 is 1.12 bits per heavy atom. The number of benzene rings is 2. The number of carboxylic acid groups (broad SMARTS) is 1. The number of amides is 1. The number of carbonyl (C=O) groups excluding carboxylic acids is 1. The quantitative estimate of drug-likeness (QED) is 0.811. The molecule has 5 heteroatoms. The fourth-order valence-corrected chi connectivity index (χ4v) is 2.31. The normalized spacial score (nSPS) is 11.0. The van der Waals surface area contributed by atoms with Crippen LogP contribution in [0.1, 0.15) is 30.5 Å².